The Kier molecular flexibility index (Phi) is 5.48. The number of carbonyl (C=O) groups is 2. The molecular formula is C25H30N4O2. The van der Waals surface area contributed by atoms with Crippen molar-refractivity contribution in [2.45, 2.75) is 56.5 Å². The Bertz CT molecular complexity index is 946. The van der Waals surface area contributed by atoms with E-state index in [0.717, 1.165) is 63.2 Å². The van der Waals surface area contributed by atoms with Crippen molar-refractivity contribution in [3.8, 4) is 0 Å². The summed E-state index contributed by atoms with van der Waals surface area (Å²) in [5, 5.41) is 3.40. The van der Waals surface area contributed by atoms with Crippen LogP contribution in [0.4, 0.5) is 5.69 Å². The van der Waals surface area contributed by atoms with Gasteiger partial charge >= 0.3 is 0 Å². The van der Waals surface area contributed by atoms with Crippen LogP contribution in [-0.4, -0.2) is 46.9 Å². The lowest BCUT2D eigenvalue weighted by Crippen LogP contribution is -2.52. The number of rotatable bonds is 4. The predicted molar refractivity (Wildman–Crippen MR) is 120 cm³/mol. The molecule has 2 amide bonds. The predicted octanol–water partition coefficient (Wildman–Crippen LogP) is 3.24. The molecule has 0 saturated carbocycles. The number of hydrogen-bond donors (Lipinski definition) is 1. The van der Waals surface area contributed by atoms with Crippen LogP contribution >= 0.6 is 0 Å². The molecule has 4 heterocycles. The fraction of sp³-hybridized carbons (Fsp3) is 0.480. The molecule has 3 aliphatic rings. The highest BCUT2D eigenvalue weighted by Crippen LogP contribution is 2.40. The largest absolute Gasteiger partial charge is 0.349 e. The number of anilines is 1. The first-order valence-electron chi connectivity index (χ1n) is 11.5. The summed E-state index contributed by atoms with van der Waals surface area (Å²) in [5.74, 6) is 0.578. The lowest BCUT2D eigenvalue weighted by Gasteiger charge is -2.34. The molecule has 1 aromatic carbocycles. The third-order valence-corrected chi connectivity index (χ3v) is 7.05. The fourth-order valence-corrected chi connectivity index (χ4v) is 5.56. The van der Waals surface area contributed by atoms with E-state index in [4.69, 9.17) is 0 Å². The number of nitrogens with zero attached hydrogens (tertiary/aromatic N) is 3. The maximum Gasteiger partial charge on any atom is 0.227 e. The van der Waals surface area contributed by atoms with E-state index in [1.54, 1.807) is 0 Å². The quantitative estimate of drug-likeness (QED) is 0.828. The van der Waals surface area contributed by atoms with Gasteiger partial charge in [-0.2, -0.15) is 0 Å². The summed E-state index contributed by atoms with van der Waals surface area (Å²) >= 11 is 0. The van der Waals surface area contributed by atoms with Crippen molar-refractivity contribution in [2.24, 2.45) is 0 Å². The average molecular weight is 419 g/mol. The van der Waals surface area contributed by atoms with Crippen LogP contribution < -0.4 is 10.2 Å². The fourth-order valence-electron chi connectivity index (χ4n) is 5.56. The minimum absolute atomic E-state index is 0.167. The molecule has 6 heteroatoms. The van der Waals surface area contributed by atoms with Gasteiger partial charge < -0.3 is 10.2 Å². The molecule has 5 rings (SSSR count). The Morgan fingerprint density at radius 2 is 1.90 bits per heavy atom. The van der Waals surface area contributed by atoms with Gasteiger partial charge in [0, 0.05) is 62.5 Å². The van der Waals surface area contributed by atoms with Gasteiger partial charge in [-0.05, 0) is 49.1 Å². The van der Waals surface area contributed by atoms with Crippen LogP contribution in [0.3, 0.4) is 0 Å². The summed E-state index contributed by atoms with van der Waals surface area (Å²) < 4.78 is 0. The van der Waals surface area contributed by atoms with Gasteiger partial charge in [-0.15, -0.1) is 0 Å². The Morgan fingerprint density at radius 3 is 2.65 bits per heavy atom. The molecule has 0 aliphatic carbocycles. The molecule has 0 radical (unpaired) electrons. The molecule has 3 aliphatic heterocycles. The number of pyridine rings is 1. The van der Waals surface area contributed by atoms with Gasteiger partial charge in [0.25, 0.3) is 0 Å². The second kappa shape index (κ2) is 8.42. The van der Waals surface area contributed by atoms with Crippen LogP contribution in [-0.2, 0) is 16.1 Å². The normalized spacial score (nSPS) is 27.0. The zero-order chi connectivity index (χ0) is 21.3. The van der Waals surface area contributed by atoms with E-state index in [9.17, 15) is 9.59 Å². The molecule has 162 valence electrons. The maximum absolute atomic E-state index is 12.5. The van der Waals surface area contributed by atoms with Gasteiger partial charge in [-0.3, -0.25) is 19.5 Å². The number of nitrogens with one attached hydrogen (secondary N) is 1. The molecule has 6 nitrogen and oxygen atoms in total. The van der Waals surface area contributed by atoms with Gasteiger partial charge in [0.15, 0.2) is 0 Å². The first kappa shape index (κ1) is 20.2. The van der Waals surface area contributed by atoms with Crippen LogP contribution in [0.2, 0.25) is 0 Å². The SMILES string of the molecule is O=C1CCCC[C@]2(CN(Cc3ccc(N4CCCC4=O)cc3)C[C@H]2c2ccccn2)N1. The number of likely N-dealkylation sites (tertiary alicyclic amines) is 1. The summed E-state index contributed by atoms with van der Waals surface area (Å²) in [6.07, 6.45) is 7.07. The second-order valence-electron chi connectivity index (χ2n) is 9.20. The van der Waals surface area contributed by atoms with Crippen LogP contribution in [0.1, 0.15) is 55.7 Å². The number of aromatic nitrogens is 1. The van der Waals surface area contributed by atoms with Crippen molar-refractivity contribution in [1.82, 2.24) is 15.2 Å². The van der Waals surface area contributed by atoms with Crippen LogP contribution in [0.5, 0.6) is 0 Å². The molecule has 1 N–H and O–H groups in total. The Balaban J connectivity index is 1.35. The Labute approximate surface area is 183 Å². The van der Waals surface area contributed by atoms with Gasteiger partial charge in [-0.25, -0.2) is 0 Å². The highest BCUT2D eigenvalue weighted by atomic mass is 16.2. The monoisotopic (exact) mass is 418 g/mol. The number of benzene rings is 1. The minimum atomic E-state index is -0.246. The van der Waals surface area contributed by atoms with E-state index in [1.807, 2.05) is 23.2 Å². The van der Waals surface area contributed by atoms with Crippen molar-refractivity contribution in [3.63, 3.8) is 0 Å². The second-order valence-corrected chi connectivity index (χ2v) is 9.20. The summed E-state index contributed by atoms with van der Waals surface area (Å²) in [5.41, 5.74) is 3.04. The Hall–Kier alpha value is -2.73. The maximum atomic E-state index is 12.5. The van der Waals surface area contributed by atoms with E-state index < -0.39 is 0 Å². The van der Waals surface area contributed by atoms with Crippen LogP contribution in [0.25, 0.3) is 0 Å². The Morgan fingerprint density at radius 1 is 1.03 bits per heavy atom. The van der Waals surface area contributed by atoms with Crippen molar-refractivity contribution >= 4 is 17.5 Å². The highest BCUT2D eigenvalue weighted by Gasteiger charge is 2.49. The van der Waals surface area contributed by atoms with E-state index in [1.165, 1.54) is 5.56 Å². The topological polar surface area (TPSA) is 65.5 Å². The number of amides is 2. The van der Waals surface area contributed by atoms with Gasteiger partial charge in [-0.1, -0.05) is 24.6 Å². The summed E-state index contributed by atoms with van der Waals surface area (Å²) in [6.45, 7) is 3.36. The van der Waals surface area contributed by atoms with Gasteiger partial charge in [0.1, 0.15) is 0 Å². The third-order valence-electron chi connectivity index (χ3n) is 7.05. The highest BCUT2D eigenvalue weighted by molar-refractivity contribution is 5.95. The van der Waals surface area contributed by atoms with Crippen LogP contribution in [0.15, 0.2) is 48.7 Å². The molecule has 0 unspecified atom stereocenters. The lowest BCUT2D eigenvalue weighted by molar-refractivity contribution is -0.122. The first-order chi connectivity index (χ1) is 15.1. The van der Waals surface area contributed by atoms with Crippen LogP contribution in [0, 0.1) is 0 Å². The molecular weight excluding hydrogens is 388 g/mol. The van der Waals surface area contributed by atoms with Gasteiger partial charge in [0.2, 0.25) is 11.8 Å². The average Bonchev–Trinajstić information content (AvgIpc) is 3.30. The molecule has 2 atom stereocenters. The first-order valence-corrected chi connectivity index (χ1v) is 11.5. The van der Waals surface area contributed by atoms with E-state index in [-0.39, 0.29) is 23.3 Å². The van der Waals surface area contributed by atoms with Crippen molar-refractivity contribution in [2.75, 3.05) is 24.5 Å². The van der Waals surface area contributed by atoms with Crippen molar-refractivity contribution in [1.29, 1.82) is 0 Å². The third kappa shape index (κ3) is 4.09. The standard InChI is InChI=1S/C25H30N4O2/c30-23-7-1-3-13-25(27-23)18-28(17-21(25)22-6-2-4-14-26-22)16-19-9-11-20(12-10-19)29-15-5-8-24(29)31/h2,4,6,9-12,14,21H,1,3,5,7-8,13,15-18H2,(H,27,30)/t21-,25+/m0/s1. The summed E-state index contributed by atoms with van der Waals surface area (Å²) in [4.78, 5) is 33.5. The summed E-state index contributed by atoms with van der Waals surface area (Å²) in [7, 11) is 0. The number of carbonyl (C=O) groups excluding carboxylic acids is 2. The minimum Gasteiger partial charge on any atom is -0.349 e. The van der Waals surface area contributed by atoms with E-state index in [2.05, 4.69) is 45.5 Å². The summed E-state index contributed by atoms with van der Waals surface area (Å²) in [6, 6.07) is 14.5. The molecule has 1 spiro atoms. The van der Waals surface area contributed by atoms with Crippen molar-refractivity contribution < 1.29 is 9.59 Å². The molecule has 1 aromatic heterocycles. The lowest BCUT2D eigenvalue weighted by atomic mass is 9.81. The molecule has 3 fully saturated rings. The molecule has 3 saturated heterocycles. The van der Waals surface area contributed by atoms with E-state index in [0.29, 0.717) is 12.8 Å². The smallest absolute Gasteiger partial charge is 0.227 e. The number of hydrogen-bond acceptors (Lipinski definition) is 4. The molecule has 31 heavy (non-hydrogen) atoms. The zero-order valence-electron chi connectivity index (χ0n) is 17.9. The molecule has 2 aromatic rings. The zero-order valence-corrected chi connectivity index (χ0v) is 17.9. The van der Waals surface area contributed by atoms with Crippen molar-refractivity contribution in [3.05, 3.63) is 59.9 Å². The van der Waals surface area contributed by atoms with E-state index >= 15 is 0 Å². The van der Waals surface area contributed by atoms with Gasteiger partial charge in [0.05, 0.1) is 5.54 Å². The molecule has 0 bridgehead atoms.